The maximum atomic E-state index is 13.0. The van der Waals surface area contributed by atoms with Crippen molar-refractivity contribution in [2.75, 3.05) is 25.5 Å². The number of aromatic amines is 2. The molecule has 0 aliphatic heterocycles. The molecule has 3 aromatic carbocycles. The van der Waals surface area contributed by atoms with Crippen molar-refractivity contribution in [1.29, 1.82) is 0 Å². The molecule has 10 nitrogen and oxygen atoms in total. The average molecular weight is 497 g/mol. The van der Waals surface area contributed by atoms with Gasteiger partial charge in [-0.25, -0.2) is 13.2 Å². The number of aromatic nitrogens is 2. The molecular formula is C24H24N4O6S. The average Bonchev–Trinajstić information content (AvgIpc) is 3.23. The van der Waals surface area contributed by atoms with E-state index < -0.39 is 21.6 Å². The van der Waals surface area contributed by atoms with E-state index in [0.29, 0.717) is 35.5 Å². The molecule has 0 unspecified atom stereocenters. The standard InChI is InChI=1S/C24H24N4O6S/c1-33-16-8-7-15(22(13-16)34-2)11-12-25-23(29)18-5-3-4-6-19(18)28-35(31,32)17-9-10-20-21(14-17)27-24(30)26-20/h3-10,13-14,28H,11-12H2,1-2H3,(H,25,29)(H2,26,27,30). The van der Waals surface area contributed by atoms with Gasteiger partial charge in [0.2, 0.25) is 0 Å². The number of H-pyrrole nitrogens is 2. The van der Waals surface area contributed by atoms with Crippen LogP contribution in [0.2, 0.25) is 0 Å². The van der Waals surface area contributed by atoms with Crippen molar-refractivity contribution in [3.63, 3.8) is 0 Å². The molecule has 1 amide bonds. The summed E-state index contributed by atoms with van der Waals surface area (Å²) in [6, 6.07) is 16.0. The van der Waals surface area contributed by atoms with Crippen LogP contribution in [0.1, 0.15) is 15.9 Å². The number of fused-ring (bicyclic) bond motifs is 1. The van der Waals surface area contributed by atoms with Crippen LogP contribution in [0.3, 0.4) is 0 Å². The summed E-state index contributed by atoms with van der Waals surface area (Å²) in [6.45, 7) is 0.306. The molecule has 1 heterocycles. The number of para-hydroxylation sites is 1. The first-order valence-corrected chi connectivity index (χ1v) is 12.1. The van der Waals surface area contributed by atoms with Crippen LogP contribution in [-0.4, -0.2) is 45.1 Å². The van der Waals surface area contributed by atoms with Crippen LogP contribution >= 0.6 is 0 Å². The highest BCUT2D eigenvalue weighted by molar-refractivity contribution is 7.92. The fraction of sp³-hybridized carbons (Fsp3) is 0.167. The molecule has 0 fully saturated rings. The quantitative estimate of drug-likeness (QED) is 0.281. The number of rotatable bonds is 9. The predicted octanol–water partition coefficient (Wildman–Crippen LogP) is 2.65. The first-order chi connectivity index (χ1) is 16.8. The molecule has 0 spiro atoms. The molecule has 182 valence electrons. The number of hydrogen-bond donors (Lipinski definition) is 4. The molecule has 0 aliphatic rings. The van der Waals surface area contributed by atoms with Crippen LogP contribution in [-0.2, 0) is 16.4 Å². The number of carbonyl (C=O) groups is 1. The highest BCUT2D eigenvalue weighted by atomic mass is 32.2. The summed E-state index contributed by atoms with van der Waals surface area (Å²) in [5.74, 6) is 0.881. The van der Waals surface area contributed by atoms with Crippen molar-refractivity contribution < 1.29 is 22.7 Å². The Kier molecular flexibility index (Phi) is 6.78. The minimum atomic E-state index is -4.03. The van der Waals surface area contributed by atoms with Crippen LogP contribution in [0.15, 0.2) is 70.4 Å². The molecule has 0 bridgehead atoms. The Morgan fingerprint density at radius 2 is 1.71 bits per heavy atom. The second-order valence-electron chi connectivity index (χ2n) is 7.62. The lowest BCUT2D eigenvalue weighted by molar-refractivity contribution is 0.0955. The number of imidazole rings is 1. The number of carbonyl (C=O) groups excluding carboxylic acids is 1. The lowest BCUT2D eigenvalue weighted by Gasteiger charge is -2.14. The molecule has 4 aromatic rings. The summed E-state index contributed by atoms with van der Waals surface area (Å²) in [6.07, 6.45) is 0.502. The Balaban J connectivity index is 1.48. The molecular weight excluding hydrogens is 472 g/mol. The lowest BCUT2D eigenvalue weighted by atomic mass is 10.1. The van der Waals surface area contributed by atoms with E-state index in [0.717, 1.165) is 5.56 Å². The van der Waals surface area contributed by atoms with Gasteiger partial charge in [0.15, 0.2) is 0 Å². The smallest absolute Gasteiger partial charge is 0.323 e. The lowest BCUT2D eigenvalue weighted by Crippen LogP contribution is -2.27. The Morgan fingerprint density at radius 1 is 0.943 bits per heavy atom. The number of hydrogen-bond acceptors (Lipinski definition) is 6. The third-order valence-corrected chi connectivity index (χ3v) is 6.75. The van der Waals surface area contributed by atoms with Crippen LogP contribution in [0, 0.1) is 0 Å². The van der Waals surface area contributed by atoms with Gasteiger partial charge in [-0.2, -0.15) is 0 Å². The zero-order valence-electron chi connectivity index (χ0n) is 19.0. The van der Waals surface area contributed by atoms with Gasteiger partial charge < -0.3 is 24.8 Å². The molecule has 0 saturated carbocycles. The zero-order valence-corrected chi connectivity index (χ0v) is 19.9. The number of methoxy groups -OCH3 is 2. The number of benzene rings is 3. The number of amides is 1. The van der Waals surface area contributed by atoms with Crippen LogP contribution in [0.4, 0.5) is 5.69 Å². The largest absolute Gasteiger partial charge is 0.497 e. The van der Waals surface area contributed by atoms with Crippen LogP contribution in [0.25, 0.3) is 11.0 Å². The summed E-state index contributed by atoms with van der Waals surface area (Å²) >= 11 is 0. The summed E-state index contributed by atoms with van der Waals surface area (Å²) < 4.78 is 39.0. The van der Waals surface area contributed by atoms with E-state index in [9.17, 15) is 18.0 Å². The van der Waals surface area contributed by atoms with Crippen molar-refractivity contribution in [3.8, 4) is 11.5 Å². The Bertz CT molecular complexity index is 1540. The molecule has 1 aromatic heterocycles. The minimum Gasteiger partial charge on any atom is -0.497 e. The van der Waals surface area contributed by atoms with Gasteiger partial charge in [0.05, 0.1) is 41.4 Å². The summed E-state index contributed by atoms with van der Waals surface area (Å²) in [5, 5.41) is 2.82. The molecule has 0 radical (unpaired) electrons. The van der Waals surface area contributed by atoms with Gasteiger partial charge in [-0.3, -0.25) is 9.52 Å². The van der Waals surface area contributed by atoms with Crippen molar-refractivity contribution in [3.05, 3.63) is 82.3 Å². The fourth-order valence-electron chi connectivity index (χ4n) is 3.62. The monoisotopic (exact) mass is 496 g/mol. The topological polar surface area (TPSA) is 142 Å². The van der Waals surface area contributed by atoms with Crippen molar-refractivity contribution in [1.82, 2.24) is 15.3 Å². The SMILES string of the molecule is COc1ccc(CCNC(=O)c2ccccc2NS(=O)(=O)c2ccc3[nH]c(=O)[nH]c3c2)c(OC)c1. The van der Waals surface area contributed by atoms with E-state index in [1.807, 2.05) is 12.1 Å². The Morgan fingerprint density at radius 3 is 2.49 bits per heavy atom. The molecule has 0 saturated heterocycles. The van der Waals surface area contributed by atoms with E-state index in [1.54, 1.807) is 32.4 Å². The predicted molar refractivity (Wildman–Crippen MR) is 132 cm³/mol. The third-order valence-electron chi connectivity index (χ3n) is 5.39. The third kappa shape index (κ3) is 5.30. The van der Waals surface area contributed by atoms with E-state index in [4.69, 9.17) is 9.47 Å². The maximum absolute atomic E-state index is 13.0. The summed E-state index contributed by atoms with van der Waals surface area (Å²) in [7, 11) is -0.896. The molecule has 0 aliphatic carbocycles. The van der Waals surface area contributed by atoms with Gasteiger partial charge in [-0.15, -0.1) is 0 Å². The van der Waals surface area contributed by atoms with E-state index >= 15 is 0 Å². The highest BCUT2D eigenvalue weighted by Crippen LogP contribution is 2.25. The van der Waals surface area contributed by atoms with E-state index in [1.165, 1.54) is 30.3 Å². The zero-order chi connectivity index (χ0) is 25.0. The van der Waals surface area contributed by atoms with Gasteiger partial charge in [0.25, 0.3) is 15.9 Å². The fourth-order valence-corrected chi connectivity index (χ4v) is 4.72. The second-order valence-corrected chi connectivity index (χ2v) is 9.30. The van der Waals surface area contributed by atoms with E-state index in [2.05, 4.69) is 20.0 Å². The highest BCUT2D eigenvalue weighted by Gasteiger charge is 2.19. The minimum absolute atomic E-state index is 0.0536. The van der Waals surface area contributed by atoms with Gasteiger partial charge in [0, 0.05) is 12.6 Å². The second kappa shape index (κ2) is 9.94. The van der Waals surface area contributed by atoms with E-state index in [-0.39, 0.29) is 16.1 Å². The summed E-state index contributed by atoms with van der Waals surface area (Å²) in [5.41, 5.74) is 1.61. The number of anilines is 1. The summed E-state index contributed by atoms with van der Waals surface area (Å²) in [4.78, 5) is 29.4. The molecule has 11 heteroatoms. The molecule has 4 rings (SSSR count). The van der Waals surface area contributed by atoms with Crippen molar-refractivity contribution in [2.24, 2.45) is 0 Å². The van der Waals surface area contributed by atoms with Crippen molar-refractivity contribution in [2.45, 2.75) is 11.3 Å². The van der Waals surface area contributed by atoms with Gasteiger partial charge in [-0.1, -0.05) is 18.2 Å². The number of sulfonamides is 1. The number of ether oxygens (including phenoxy) is 2. The maximum Gasteiger partial charge on any atom is 0.323 e. The normalized spacial score (nSPS) is 11.3. The van der Waals surface area contributed by atoms with Gasteiger partial charge >= 0.3 is 5.69 Å². The molecule has 4 N–H and O–H groups in total. The molecule has 35 heavy (non-hydrogen) atoms. The van der Waals surface area contributed by atoms with Crippen molar-refractivity contribution >= 4 is 32.7 Å². The Labute approximate surface area is 201 Å². The van der Waals surface area contributed by atoms with Gasteiger partial charge in [-0.05, 0) is 48.4 Å². The first-order valence-electron chi connectivity index (χ1n) is 10.6. The first kappa shape index (κ1) is 23.9. The van der Waals surface area contributed by atoms with Gasteiger partial charge in [0.1, 0.15) is 11.5 Å². The number of nitrogens with one attached hydrogen (secondary N) is 4. The Hall–Kier alpha value is -4.25. The van der Waals surface area contributed by atoms with Crippen LogP contribution in [0.5, 0.6) is 11.5 Å². The molecule has 0 atom stereocenters. The van der Waals surface area contributed by atoms with Crippen LogP contribution < -0.4 is 25.2 Å².